The minimum atomic E-state index is -0.441. The van der Waals surface area contributed by atoms with Gasteiger partial charge in [0.15, 0.2) is 0 Å². The molecule has 1 heterocycles. The molecule has 1 aliphatic rings. The maximum absolute atomic E-state index is 12.2. The van der Waals surface area contributed by atoms with E-state index in [4.69, 9.17) is 19.9 Å². The second-order valence-electron chi connectivity index (χ2n) is 4.83. The van der Waals surface area contributed by atoms with Gasteiger partial charge in [0.25, 0.3) is 5.91 Å². The molecule has 2 rings (SSSR count). The Balaban J connectivity index is 2.06. The summed E-state index contributed by atoms with van der Waals surface area (Å²) in [5.41, 5.74) is 6.20. The lowest BCUT2D eigenvalue weighted by molar-refractivity contribution is -0.0148. The molecule has 1 amide bonds. The SMILES string of the molecule is COc1ccc(N)cc1C(=O)NCC1(OC)CCOC1. The predicted molar refractivity (Wildman–Crippen MR) is 74.9 cm³/mol. The Labute approximate surface area is 118 Å². The number of hydrogen-bond donors (Lipinski definition) is 2. The molecule has 3 N–H and O–H groups in total. The van der Waals surface area contributed by atoms with E-state index < -0.39 is 5.60 Å². The zero-order chi connectivity index (χ0) is 14.6. The van der Waals surface area contributed by atoms with Gasteiger partial charge in [0.1, 0.15) is 11.4 Å². The van der Waals surface area contributed by atoms with E-state index in [1.54, 1.807) is 25.3 Å². The zero-order valence-corrected chi connectivity index (χ0v) is 11.8. The molecule has 1 aromatic carbocycles. The summed E-state index contributed by atoms with van der Waals surface area (Å²) in [7, 11) is 3.14. The highest BCUT2D eigenvalue weighted by Crippen LogP contribution is 2.23. The van der Waals surface area contributed by atoms with Crippen LogP contribution in [0.3, 0.4) is 0 Å². The molecule has 110 valence electrons. The van der Waals surface area contributed by atoms with Gasteiger partial charge in [0.2, 0.25) is 0 Å². The van der Waals surface area contributed by atoms with Gasteiger partial charge >= 0.3 is 0 Å². The number of rotatable bonds is 5. The topological polar surface area (TPSA) is 82.8 Å². The van der Waals surface area contributed by atoms with Gasteiger partial charge in [0.05, 0.1) is 19.3 Å². The van der Waals surface area contributed by atoms with Crippen molar-refractivity contribution in [3.05, 3.63) is 23.8 Å². The monoisotopic (exact) mass is 280 g/mol. The fourth-order valence-electron chi connectivity index (χ4n) is 2.20. The lowest BCUT2D eigenvalue weighted by Crippen LogP contribution is -2.45. The summed E-state index contributed by atoms with van der Waals surface area (Å²) in [5, 5.41) is 2.86. The first-order valence-electron chi connectivity index (χ1n) is 6.45. The van der Waals surface area contributed by atoms with Gasteiger partial charge in [-0.25, -0.2) is 0 Å². The Bertz CT molecular complexity index is 484. The average Bonchev–Trinajstić information content (AvgIpc) is 2.94. The molecule has 20 heavy (non-hydrogen) atoms. The van der Waals surface area contributed by atoms with E-state index in [9.17, 15) is 4.79 Å². The first-order valence-corrected chi connectivity index (χ1v) is 6.45. The van der Waals surface area contributed by atoms with Crippen molar-refractivity contribution in [2.75, 3.05) is 39.7 Å². The third-order valence-corrected chi connectivity index (χ3v) is 3.54. The number of nitrogen functional groups attached to an aromatic ring is 1. The number of nitrogens with two attached hydrogens (primary N) is 1. The molecule has 6 heteroatoms. The van der Waals surface area contributed by atoms with Crippen molar-refractivity contribution < 1.29 is 19.0 Å². The minimum Gasteiger partial charge on any atom is -0.496 e. The Morgan fingerprint density at radius 2 is 2.30 bits per heavy atom. The number of nitrogens with one attached hydrogen (secondary N) is 1. The molecule has 1 saturated heterocycles. The third kappa shape index (κ3) is 3.02. The maximum atomic E-state index is 12.2. The van der Waals surface area contributed by atoms with E-state index in [0.717, 1.165) is 6.42 Å². The van der Waals surface area contributed by atoms with Gasteiger partial charge in [-0.3, -0.25) is 4.79 Å². The van der Waals surface area contributed by atoms with E-state index in [2.05, 4.69) is 5.32 Å². The summed E-state index contributed by atoms with van der Waals surface area (Å²) >= 11 is 0. The van der Waals surface area contributed by atoms with Crippen LogP contribution in [0.4, 0.5) is 5.69 Å². The second kappa shape index (κ2) is 6.11. The van der Waals surface area contributed by atoms with Crippen LogP contribution < -0.4 is 15.8 Å². The molecule has 0 spiro atoms. The van der Waals surface area contributed by atoms with Crippen LogP contribution in [0.5, 0.6) is 5.75 Å². The summed E-state index contributed by atoms with van der Waals surface area (Å²) in [5.74, 6) is 0.253. The molecule has 1 aromatic rings. The number of anilines is 1. The number of carbonyl (C=O) groups is 1. The predicted octanol–water partition coefficient (Wildman–Crippen LogP) is 0.813. The van der Waals surface area contributed by atoms with Crippen molar-refractivity contribution in [1.82, 2.24) is 5.32 Å². The van der Waals surface area contributed by atoms with E-state index in [1.165, 1.54) is 7.11 Å². The molecule has 0 bridgehead atoms. The number of carbonyl (C=O) groups excluding carboxylic acids is 1. The Morgan fingerprint density at radius 3 is 2.90 bits per heavy atom. The van der Waals surface area contributed by atoms with Gasteiger partial charge in [0, 0.05) is 32.4 Å². The van der Waals surface area contributed by atoms with Crippen molar-refractivity contribution >= 4 is 11.6 Å². The normalized spacial score (nSPS) is 21.7. The molecule has 6 nitrogen and oxygen atoms in total. The Morgan fingerprint density at radius 1 is 1.50 bits per heavy atom. The summed E-state index contributed by atoms with van der Waals surface area (Å²) in [6.07, 6.45) is 0.762. The van der Waals surface area contributed by atoms with E-state index in [-0.39, 0.29) is 5.91 Å². The van der Waals surface area contributed by atoms with Gasteiger partial charge < -0.3 is 25.3 Å². The molecule has 0 aliphatic carbocycles. The number of amides is 1. The van der Waals surface area contributed by atoms with Crippen molar-refractivity contribution in [1.29, 1.82) is 0 Å². The molecule has 1 unspecified atom stereocenters. The fourth-order valence-corrected chi connectivity index (χ4v) is 2.20. The van der Waals surface area contributed by atoms with Crippen molar-refractivity contribution in [3.63, 3.8) is 0 Å². The average molecular weight is 280 g/mol. The van der Waals surface area contributed by atoms with E-state index >= 15 is 0 Å². The van der Waals surface area contributed by atoms with Crippen molar-refractivity contribution in [2.24, 2.45) is 0 Å². The van der Waals surface area contributed by atoms with Crippen LogP contribution in [0, 0.1) is 0 Å². The van der Waals surface area contributed by atoms with Crippen LogP contribution in [0.1, 0.15) is 16.8 Å². The van der Waals surface area contributed by atoms with Crippen molar-refractivity contribution in [3.8, 4) is 5.75 Å². The fraction of sp³-hybridized carbons (Fsp3) is 0.500. The summed E-state index contributed by atoms with van der Waals surface area (Å²) in [6.45, 7) is 1.52. The molecule has 0 radical (unpaired) electrons. The van der Waals surface area contributed by atoms with Crippen LogP contribution in [-0.2, 0) is 9.47 Å². The molecule has 1 fully saturated rings. The molecular weight excluding hydrogens is 260 g/mol. The van der Waals surface area contributed by atoms with Crippen LogP contribution in [0.25, 0.3) is 0 Å². The molecular formula is C14H20N2O4. The molecule has 0 aromatic heterocycles. The van der Waals surface area contributed by atoms with Gasteiger partial charge in [-0.1, -0.05) is 0 Å². The lowest BCUT2D eigenvalue weighted by Gasteiger charge is -2.26. The highest BCUT2D eigenvalue weighted by molar-refractivity contribution is 5.97. The van der Waals surface area contributed by atoms with Crippen LogP contribution in [0.15, 0.2) is 18.2 Å². The molecule has 0 saturated carbocycles. The maximum Gasteiger partial charge on any atom is 0.255 e. The number of benzene rings is 1. The summed E-state index contributed by atoms with van der Waals surface area (Å²) < 4.78 is 16.0. The summed E-state index contributed by atoms with van der Waals surface area (Å²) in [6, 6.07) is 4.96. The zero-order valence-electron chi connectivity index (χ0n) is 11.8. The highest BCUT2D eigenvalue weighted by Gasteiger charge is 2.35. The summed E-state index contributed by atoms with van der Waals surface area (Å²) in [4.78, 5) is 12.2. The standard InChI is InChI=1S/C14H20N2O4/c1-18-12-4-3-10(15)7-11(12)13(17)16-8-14(19-2)5-6-20-9-14/h3-4,7H,5-6,8-9,15H2,1-2H3,(H,16,17). The molecule has 1 atom stereocenters. The first-order chi connectivity index (χ1) is 9.60. The number of ether oxygens (including phenoxy) is 3. The largest absolute Gasteiger partial charge is 0.496 e. The first kappa shape index (κ1) is 14.6. The minimum absolute atomic E-state index is 0.238. The Kier molecular flexibility index (Phi) is 4.46. The van der Waals surface area contributed by atoms with E-state index in [0.29, 0.717) is 36.8 Å². The smallest absolute Gasteiger partial charge is 0.255 e. The Hall–Kier alpha value is -1.79. The van der Waals surface area contributed by atoms with Gasteiger partial charge in [-0.15, -0.1) is 0 Å². The quantitative estimate of drug-likeness (QED) is 0.780. The second-order valence-corrected chi connectivity index (χ2v) is 4.83. The van der Waals surface area contributed by atoms with E-state index in [1.807, 2.05) is 0 Å². The number of methoxy groups -OCH3 is 2. The third-order valence-electron chi connectivity index (χ3n) is 3.54. The lowest BCUT2D eigenvalue weighted by atomic mass is 10.0. The number of hydrogen-bond acceptors (Lipinski definition) is 5. The van der Waals surface area contributed by atoms with Crippen LogP contribution >= 0.6 is 0 Å². The van der Waals surface area contributed by atoms with Gasteiger partial charge in [-0.05, 0) is 18.2 Å². The van der Waals surface area contributed by atoms with Gasteiger partial charge in [-0.2, -0.15) is 0 Å². The van der Waals surface area contributed by atoms with Crippen LogP contribution in [0.2, 0.25) is 0 Å². The van der Waals surface area contributed by atoms with Crippen LogP contribution in [-0.4, -0.2) is 45.5 Å². The van der Waals surface area contributed by atoms with Crippen molar-refractivity contribution in [2.45, 2.75) is 12.0 Å². The highest BCUT2D eigenvalue weighted by atomic mass is 16.5. The molecule has 1 aliphatic heterocycles.